The van der Waals surface area contributed by atoms with Crippen molar-refractivity contribution >= 4 is 18.0 Å². The summed E-state index contributed by atoms with van der Waals surface area (Å²) in [7, 11) is 0. The van der Waals surface area contributed by atoms with Gasteiger partial charge in [-0.3, -0.25) is 4.99 Å². The average molecular weight is 355 g/mol. The van der Waals surface area contributed by atoms with Crippen LogP contribution in [-0.4, -0.2) is 23.3 Å². The summed E-state index contributed by atoms with van der Waals surface area (Å²) in [6.07, 6.45) is 4.71. The maximum Gasteiger partial charge on any atom is 0.408 e. The molecule has 1 aromatic heterocycles. The van der Waals surface area contributed by atoms with Crippen molar-refractivity contribution in [2.45, 2.75) is 12.1 Å². The van der Waals surface area contributed by atoms with Crippen LogP contribution in [0.4, 0.5) is 13.6 Å². The summed E-state index contributed by atoms with van der Waals surface area (Å²) in [6, 6.07) is 7.95. The van der Waals surface area contributed by atoms with Gasteiger partial charge in [-0.15, -0.1) is 0 Å². The fraction of sp³-hybridized carbons (Fsp3) is 0.105. The number of nitrogens with zero attached hydrogens (tertiary/aromatic N) is 2. The van der Waals surface area contributed by atoms with E-state index in [2.05, 4.69) is 21.9 Å². The van der Waals surface area contributed by atoms with Crippen molar-refractivity contribution in [2.24, 2.45) is 4.99 Å². The van der Waals surface area contributed by atoms with Gasteiger partial charge in [0.15, 0.2) is 6.10 Å². The van der Waals surface area contributed by atoms with Crippen LogP contribution < -0.4 is 5.32 Å². The molecular weight excluding hydrogens is 340 g/mol. The number of carbonyl (C=O) groups is 1. The van der Waals surface area contributed by atoms with Crippen LogP contribution in [0, 0.1) is 11.8 Å². The van der Waals surface area contributed by atoms with Gasteiger partial charge in [0.1, 0.15) is 11.9 Å². The lowest BCUT2D eigenvalue weighted by molar-refractivity contribution is 0.138. The first-order valence-electron chi connectivity index (χ1n) is 7.78. The minimum absolute atomic E-state index is 0.382. The summed E-state index contributed by atoms with van der Waals surface area (Å²) in [5.74, 6) is -1.01. The van der Waals surface area contributed by atoms with E-state index in [4.69, 9.17) is 4.74 Å². The monoisotopic (exact) mass is 355 g/mol. The van der Waals surface area contributed by atoms with Crippen LogP contribution in [-0.2, 0) is 4.74 Å². The molecule has 7 heteroatoms. The van der Waals surface area contributed by atoms with E-state index in [0.29, 0.717) is 16.8 Å². The van der Waals surface area contributed by atoms with Gasteiger partial charge in [-0.25, -0.2) is 14.2 Å². The fourth-order valence-corrected chi connectivity index (χ4v) is 2.53. The summed E-state index contributed by atoms with van der Waals surface area (Å²) < 4.78 is 31.7. The summed E-state index contributed by atoms with van der Waals surface area (Å²) in [5.41, 5.74) is 1.59. The molecule has 1 saturated heterocycles. The lowest BCUT2D eigenvalue weighted by Gasteiger charge is -2.13. The van der Waals surface area contributed by atoms with E-state index in [0.717, 1.165) is 0 Å². The van der Waals surface area contributed by atoms with Crippen molar-refractivity contribution in [3.8, 4) is 0 Å². The van der Waals surface area contributed by atoms with Crippen LogP contribution in [0.3, 0.4) is 0 Å². The van der Waals surface area contributed by atoms with E-state index < -0.39 is 24.2 Å². The number of ether oxygens (including phenoxy) is 1. The number of pyridine rings is 1. The Morgan fingerprint density at radius 2 is 2.04 bits per heavy atom. The number of aliphatic imine (C=N–C) groups is 1. The number of benzene rings is 1. The largest absolute Gasteiger partial charge is 0.439 e. The zero-order valence-corrected chi connectivity index (χ0v) is 13.6. The minimum atomic E-state index is -0.647. The van der Waals surface area contributed by atoms with E-state index in [9.17, 15) is 13.6 Å². The van der Waals surface area contributed by atoms with E-state index in [1.54, 1.807) is 24.3 Å². The van der Waals surface area contributed by atoms with Crippen LogP contribution in [0.2, 0.25) is 0 Å². The van der Waals surface area contributed by atoms with Crippen molar-refractivity contribution in [2.75, 3.05) is 0 Å². The molecule has 2 atom stereocenters. The number of cyclic esters (lactones) is 1. The molecule has 1 aromatic carbocycles. The number of halogens is 2. The third-order valence-corrected chi connectivity index (χ3v) is 3.72. The molecule has 0 spiro atoms. The molecule has 26 heavy (non-hydrogen) atoms. The molecule has 5 nitrogen and oxygen atoms in total. The summed E-state index contributed by atoms with van der Waals surface area (Å²) >= 11 is 0. The Hall–Kier alpha value is -3.35. The Morgan fingerprint density at radius 3 is 2.73 bits per heavy atom. The third-order valence-electron chi connectivity index (χ3n) is 3.72. The summed E-state index contributed by atoms with van der Waals surface area (Å²) in [4.78, 5) is 19.5. The maximum absolute atomic E-state index is 13.4. The molecule has 0 aliphatic carbocycles. The SMILES string of the molecule is C=C/C=C(\N=C\[C@H]1NC(=O)O[C@@H]1c1ccc(F)cc1)c1ccnc(F)c1. The standard InChI is InChI=1S/C19H15F2N3O2/c1-2-3-15(13-8-9-22-17(21)10-13)23-11-16-18(26-19(25)24-16)12-4-6-14(20)7-5-12/h2-11,16,18H,1H2,(H,24,25)/b15-3-,23-11+/t16-,18-/m1/s1. The average Bonchev–Trinajstić information content (AvgIpc) is 3.00. The van der Waals surface area contributed by atoms with Crippen molar-refractivity contribution in [1.29, 1.82) is 0 Å². The lowest BCUT2D eigenvalue weighted by atomic mass is 10.0. The van der Waals surface area contributed by atoms with Crippen molar-refractivity contribution in [1.82, 2.24) is 10.3 Å². The highest BCUT2D eigenvalue weighted by Crippen LogP contribution is 2.26. The molecular formula is C19H15F2N3O2. The zero-order valence-electron chi connectivity index (χ0n) is 13.6. The Labute approximate surface area is 148 Å². The normalized spacial score (nSPS) is 20.1. The number of rotatable bonds is 5. The quantitative estimate of drug-likeness (QED) is 0.504. The Morgan fingerprint density at radius 1 is 1.27 bits per heavy atom. The first kappa shape index (κ1) is 17.5. The number of amides is 1. The number of carbonyl (C=O) groups excluding carboxylic acids is 1. The molecule has 2 heterocycles. The Bertz CT molecular complexity index is 879. The van der Waals surface area contributed by atoms with Crippen LogP contribution in [0.1, 0.15) is 17.2 Å². The molecule has 0 bridgehead atoms. The van der Waals surface area contributed by atoms with Gasteiger partial charge in [0.05, 0.1) is 5.70 Å². The number of hydrogen-bond acceptors (Lipinski definition) is 4. The first-order chi connectivity index (χ1) is 12.6. The van der Waals surface area contributed by atoms with Gasteiger partial charge < -0.3 is 10.1 Å². The van der Waals surface area contributed by atoms with Crippen LogP contribution >= 0.6 is 0 Å². The molecule has 0 saturated carbocycles. The highest BCUT2D eigenvalue weighted by Gasteiger charge is 2.34. The topological polar surface area (TPSA) is 63.6 Å². The second-order valence-corrected chi connectivity index (χ2v) is 5.48. The van der Waals surface area contributed by atoms with E-state index in [1.807, 2.05) is 0 Å². The molecule has 1 amide bonds. The van der Waals surface area contributed by atoms with Crippen molar-refractivity contribution in [3.05, 3.63) is 84.2 Å². The van der Waals surface area contributed by atoms with Crippen molar-refractivity contribution in [3.63, 3.8) is 0 Å². The molecule has 1 N–H and O–H groups in total. The van der Waals surface area contributed by atoms with Crippen LogP contribution in [0.15, 0.2) is 66.3 Å². The molecule has 1 aliphatic rings. The smallest absolute Gasteiger partial charge is 0.408 e. The number of nitrogens with one attached hydrogen (secondary N) is 1. The predicted molar refractivity (Wildman–Crippen MR) is 93.4 cm³/mol. The molecule has 1 fully saturated rings. The van der Waals surface area contributed by atoms with E-state index in [-0.39, 0.29) is 5.82 Å². The third kappa shape index (κ3) is 4.00. The Balaban J connectivity index is 1.86. The second kappa shape index (κ2) is 7.69. The highest BCUT2D eigenvalue weighted by atomic mass is 19.1. The number of allylic oxidation sites excluding steroid dienone is 2. The van der Waals surface area contributed by atoms with Gasteiger partial charge >= 0.3 is 6.09 Å². The first-order valence-corrected chi connectivity index (χ1v) is 7.78. The number of aromatic nitrogens is 1. The summed E-state index contributed by atoms with van der Waals surface area (Å²) in [5, 5.41) is 2.63. The summed E-state index contributed by atoms with van der Waals surface area (Å²) in [6.45, 7) is 3.62. The van der Waals surface area contributed by atoms with Crippen molar-refractivity contribution < 1.29 is 18.3 Å². The Kier molecular flexibility index (Phi) is 5.17. The number of alkyl carbamates (subject to hydrolysis) is 1. The molecule has 0 unspecified atom stereocenters. The van der Waals surface area contributed by atoms with E-state index in [1.165, 1.54) is 36.7 Å². The van der Waals surface area contributed by atoms with Crippen LogP contribution in [0.25, 0.3) is 5.70 Å². The molecule has 3 rings (SSSR count). The predicted octanol–water partition coefficient (Wildman–Crippen LogP) is 3.81. The minimum Gasteiger partial charge on any atom is -0.439 e. The van der Waals surface area contributed by atoms with Gasteiger partial charge in [-0.05, 0) is 29.8 Å². The van der Waals surface area contributed by atoms with Gasteiger partial charge in [0.25, 0.3) is 0 Å². The van der Waals surface area contributed by atoms with Gasteiger partial charge in [0.2, 0.25) is 5.95 Å². The molecule has 2 aromatic rings. The molecule has 0 radical (unpaired) electrons. The lowest BCUT2D eigenvalue weighted by Crippen LogP contribution is -2.29. The zero-order chi connectivity index (χ0) is 18.5. The van der Waals surface area contributed by atoms with Gasteiger partial charge in [-0.2, -0.15) is 4.39 Å². The maximum atomic E-state index is 13.4. The van der Waals surface area contributed by atoms with Gasteiger partial charge in [0, 0.05) is 24.0 Å². The fourth-order valence-electron chi connectivity index (χ4n) is 2.53. The molecule has 1 aliphatic heterocycles. The molecule has 132 valence electrons. The second-order valence-electron chi connectivity index (χ2n) is 5.48. The highest BCUT2D eigenvalue weighted by molar-refractivity contribution is 5.83. The number of hydrogen-bond donors (Lipinski definition) is 1. The van der Waals surface area contributed by atoms with Crippen LogP contribution in [0.5, 0.6) is 0 Å². The van der Waals surface area contributed by atoms with E-state index >= 15 is 0 Å². The van der Waals surface area contributed by atoms with Gasteiger partial charge in [-0.1, -0.05) is 24.8 Å².